The zero-order valence-electron chi connectivity index (χ0n) is 9.37. The van der Waals surface area contributed by atoms with Crippen molar-refractivity contribution in [3.63, 3.8) is 0 Å². The molecule has 2 rings (SSSR count). The van der Waals surface area contributed by atoms with Crippen LogP contribution in [0.4, 0.5) is 0 Å². The van der Waals surface area contributed by atoms with Gasteiger partial charge < -0.3 is 5.11 Å². The molecule has 1 aromatic carbocycles. The Labute approximate surface area is 98.8 Å². The van der Waals surface area contributed by atoms with Crippen LogP contribution >= 0.6 is 0 Å². The fourth-order valence-electron chi connectivity index (χ4n) is 1.57. The lowest BCUT2D eigenvalue weighted by Gasteiger charge is -2.01. The Hall–Kier alpha value is -2.36. The number of benzene rings is 1. The third kappa shape index (κ3) is 2.60. The van der Waals surface area contributed by atoms with E-state index in [2.05, 4.69) is 5.10 Å². The van der Waals surface area contributed by atoms with Gasteiger partial charge in [0, 0.05) is 18.8 Å². The molecule has 0 amide bonds. The lowest BCUT2D eigenvalue weighted by molar-refractivity contribution is -0.130. The van der Waals surface area contributed by atoms with Crippen molar-refractivity contribution < 1.29 is 9.90 Å². The van der Waals surface area contributed by atoms with E-state index in [1.54, 1.807) is 42.3 Å². The lowest BCUT2D eigenvalue weighted by atomic mass is 10.0. The summed E-state index contributed by atoms with van der Waals surface area (Å²) < 4.78 is 1.64. The van der Waals surface area contributed by atoms with Crippen LogP contribution in [-0.4, -0.2) is 20.9 Å². The molecule has 0 atom stereocenters. The fourth-order valence-corrected chi connectivity index (χ4v) is 1.57. The van der Waals surface area contributed by atoms with Crippen molar-refractivity contribution in [2.75, 3.05) is 0 Å². The number of hydrogen-bond acceptors (Lipinski definition) is 2. The Morgan fingerprint density at radius 3 is 2.59 bits per heavy atom. The lowest BCUT2D eigenvalue weighted by Crippen LogP contribution is -1.99. The summed E-state index contributed by atoms with van der Waals surface area (Å²) in [7, 11) is 1.79. The minimum absolute atomic E-state index is 0.263. The Kier molecular flexibility index (Phi) is 3.05. The van der Waals surface area contributed by atoms with Gasteiger partial charge in [-0.25, -0.2) is 4.79 Å². The molecule has 86 valence electrons. The number of rotatable bonds is 3. The molecule has 4 nitrogen and oxygen atoms in total. The van der Waals surface area contributed by atoms with Crippen LogP contribution in [0.25, 0.3) is 11.6 Å². The molecule has 0 radical (unpaired) electrons. The molecule has 17 heavy (non-hydrogen) atoms. The Morgan fingerprint density at radius 2 is 2.06 bits per heavy atom. The highest BCUT2D eigenvalue weighted by Gasteiger charge is 2.10. The number of carboxylic acids is 1. The summed E-state index contributed by atoms with van der Waals surface area (Å²) in [4.78, 5) is 11.2. The maximum Gasteiger partial charge on any atom is 0.336 e. The third-order valence-electron chi connectivity index (χ3n) is 2.35. The largest absolute Gasteiger partial charge is 0.478 e. The Bertz CT molecular complexity index is 556. The Balaban J connectivity index is 2.43. The maximum atomic E-state index is 11.2. The highest BCUT2D eigenvalue weighted by atomic mass is 16.4. The molecule has 0 unspecified atom stereocenters. The van der Waals surface area contributed by atoms with Crippen LogP contribution in [0, 0.1) is 0 Å². The molecule has 0 bridgehead atoms. The highest BCUT2D eigenvalue weighted by Crippen LogP contribution is 2.17. The number of nitrogens with zero attached hydrogens (tertiary/aromatic N) is 2. The standard InChI is InChI=1S/C13H12N2O2/c1-15-9-10(8-14-15)7-12(13(16)17)11-5-3-2-4-6-11/h2-9H,1H3,(H,16,17)/b12-7+. The molecule has 0 aliphatic heterocycles. The number of aliphatic carboxylic acids is 1. The smallest absolute Gasteiger partial charge is 0.336 e. The van der Waals surface area contributed by atoms with Gasteiger partial charge in [-0.3, -0.25) is 4.68 Å². The van der Waals surface area contributed by atoms with Crippen LogP contribution < -0.4 is 0 Å². The molecule has 0 saturated carbocycles. The van der Waals surface area contributed by atoms with Gasteiger partial charge >= 0.3 is 5.97 Å². The fraction of sp³-hybridized carbons (Fsp3) is 0.0769. The van der Waals surface area contributed by atoms with Crippen molar-refractivity contribution in [1.29, 1.82) is 0 Å². The van der Waals surface area contributed by atoms with Gasteiger partial charge in [0.1, 0.15) is 0 Å². The summed E-state index contributed by atoms with van der Waals surface area (Å²) in [5, 5.41) is 13.2. The van der Waals surface area contributed by atoms with Crippen molar-refractivity contribution in [1.82, 2.24) is 9.78 Å². The first kappa shape index (κ1) is 11.1. The summed E-state index contributed by atoms with van der Waals surface area (Å²) in [6, 6.07) is 9.03. The second-order valence-electron chi connectivity index (χ2n) is 3.68. The molecule has 0 saturated heterocycles. The van der Waals surface area contributed by atoms with Gasteiger partial charge in [0.15, 0.2) is 0 Å². The third-order valence-corrected chi connectivity index (χ3v) is 2.35. The first-order valence-corrected chi connectivity index (χ1v) is 5.16. The van der Waals surface area contributed by atoms with E-state index in [-0.39, 0.29) is 5.57 Å². The molecule has 0 aliphatic rings. The molecular weight excluding hydrogens is 216 g/mol. The van der Waals surface area contributed by atoms with Crippen LogP contribution in [-0.2, 0) is 11.8 Å². The van der Waals surface area contributed by atoms with Crippen LogP contribution in [0.2, 0.25) is 0 Å². The zero-order valence-corrected chi connectivity index (χ0v) is 9.37. The van der Waals surface area contributed by atoms with Gasteiger partial charge in [-0.05, 0) is 11.6 Å². The van der Waals surface area contributed by atoms with Crippen LogP contribution in [0.3, 0.4) is 0 Å². The number of hydrogen-bond donors (Lipinski definition) is 1. The molecule has 2 aromatic rings. The molecular formula is C13H12N2O2. The summed E-state index contributed by atoms with van der Waals surface area (Å²) in [6.45, 7) is 0. The van der Waals surface area contributed by atoms with Crippen LogP contribution in [0.5, 0.6) is 0 Å². The predicted molar refractivity (Wildman–Crippen MR) is 65.2 cm³/mol. The summed E-state index contributed by atoms with van der Waals surface area (Å²) >= 11 is 0. The van der Waals surface area contributed by atoms with Crippen molar-refractivity contribution in [3.05, 3.63) is 53.9 Å². The number of aromatic nitrogens is 2. The van der Waals surface area contributed by atoms with Crippen molar-refractivity contribution in [3.8, 4) is 0 Å². The first-order valence-electron chi connectivity index (χ1n) is 5.16. The minimum atomic E-state index is -0.944. The molecule has 0 fully saturated rings. The topological polar surface area (TPSA) is 55.1 Å². The molecule has 0 spiro atoms. The SMILES string of the molecule is Cn1cc(/C=C(/C(=O)O)c2ccccc2)cn1. The average Bonchev–Trinajstić information content (AvgIpc) is 2.73. The number of carboxylic acid groups (broad SMARTS) is 1. The van der Waals surface area contributed by atoms with E-state index in [0.29, 0.717) is 5.56 Å². The van der Waals surface area contributed by atoms with Crippen LogP contribution in [0.15, 0.2) is 42.7 Å². The quantitative estimate of drug-likeness (QED) is 0.818. The van der Waals surface area contributed by atoms with Gasteiger partial charge in [0.2, 0.25) is 0 Å². The van der Waals surface area contributed by atoms with E-state index >= 15 is 0 Å². The van der Waals surface area contributed by atoms with Gasteiger partial charge in [-0.15, -0.1) is 0 Å². The van der Waals surface area contributed by atoms with E-state index in [1.807, 2.05) is 18.2 Å². The molecule has 1 N–H and O–H groups in total. The zero-order chi connectivity index (χ0) is 12.3. The van der Waals surface area contributed by atoms with E-state index in [1.165, 1.54) is 0 Å². The van der Waals surface area contributed by atoms with E-state index in [4.69, 9.17) is 0 Å². The van der Waals surface area contributed by atoms with Crippen LogP contribution in [0.1, 0.15) is 11.1 Å². The normalized spacial score (nSPS) is 11.5. The summed E-state index contributed by atoms with van der Waals surface area (Å²) in [6.07, 6.45) is 5.02. The van der Waals surface area contributed by atoms with Crippen molar-refractivity contribution >= 4 is 17.6 Å². The summed E-state index contributed by atoms with van der Waals surface area (Å²) in [5.41, 5.74) is 1.72. The molecule has 0 aliphatic carbocycles. The molecule has 4 heteroatoms. The predicted octanol–water partition coefficient (Wildman–Crippen LogP) is 2.05. The van der Waals surface area contributed by atoms with Gasteiger partial charge in [0.25, 0.3) is 0 Å². The second kappa shape index (κ2) is 4.65. The first-order chi connectivity index (χ1) is 8.16. The van der Waals surface area contributed by atoms with Gasteiger partial charge in [-0.2, -0.15) is 5.10 Å². The second-order valence-corrected chi connectivity index (χ2v) is 3.68. The average molecular weight is 228 g/mol. The number of carbonyl (C=O) groups is 1. The summed E-state index contributed by atoms with van der Waals surface area (Å²) in [5.74, 6) is -0.944. The van der Waals surface area contributed by atoms with Gasteiger partial charge in [-0.1, -0.05) is 30.3 Å². The van der Waals surface area contributed by atoms with E-state index < -0.39 is 5.97 Å². The van der Waals surface area contributed by atoms with E-state index in [9.17, 15) is 9.90 Å². The van der Waals surface area contributed by atoms with Crippen molar-refractivity contribution in [2.45, 2.75) is 0 Å². The van der Waals surface area contributed by atoms with Crippen molar-refractivity contribution in [2.24, 2.45) is 7.05 Å². The van der Waals surface area contributed by atoms with Gasteiger partial charge in [0.05, 0.1) is 11.8 Å². The van der Waals surface area contributed by atoms with E-state index in [0.717, 1.165) is 5.56 Å². The Morgan fingerprint density at radius 1 is 1.35 bits per heavy atom. The minimum Gasteiger partial charge on any atom is -0.478 e. The molecule has 1 aromatic heterocycles. The molecule has 1 heterocycles. The highest BCUT2D eigenvalue weighted by molar-refractivity contribution is 6.20. The maximum absolute atomic E-state index is 11.2. The number of aryl methyl sites for hydroxylation is 1. The monoisotopic (exact) mass is 228 g/mol.